The summed E-state index contributed by atoms with van der Waals surface area (Å²) in [7, 11) is 0. The first kappa shape index (κ1) is 15.0. The number of aryl methyl sites for hydroxylation is 1. The average Bonchev–Trinajstić information content (AvgIpc) is 2.84. The summed E-state index contributed by atoms with van der Waals surface area (Å²) in [5.74, 6) is 0.0533. The van der Waals surface area contributed by atoms with Crippen LogP contribution in [0.4, 0.5) is 0 Å². The summed E-state index contributed by atoms with van der Waals surface area (Å²) in [5.41, 5.74) is 7.76. The molecule has 1 saturated heterocycles. The highest BCUT2D eigenvalue weighted by Crippen LogP contribution is 2.19. The Morgan fingerprint density at radius 2 is 2.45 bits per heavy atom. The number of rotatable bonds is 6. The summed E-state index contributed by atoms with van der Waals surface area (Å²) in [6.07, 6.45) is 5.91. The molecule has 1 aliphatic heterocycles. The van der Waals surface area contributed by atoms with Gasteiger partial charge in [0, 0.05) is 43.4 Å². The smallest absolute Gasteiger partial charge is 0.221 e. The molecule has 6 nitrogen and oxygen atoms in total. The molecule has 0 radical (unpaired) electrons. The van der Waals surface area contributed by atoms with Crippen LogP contribution in [0.1, 0.15) is 36.9 Å². The zero-order chi connectivity index (χ0) is 14.4. The molecule has 1 aromatic heterocycles. The Labute approximate surface area is 120 Å². The number of piperidine rings is 1. The summed E-state index contributed by atoms with van der Waals surface area (Å²) in [6, 6.07) is 0.416. The van der Waals surface area contributed by atoms with Crippen molar-refractivity contribution in [1.29, 1.82) is 0 Å². The maximum absolute atomic E-state index is 11.5. The number of aromatic nitrogens is 2. The highest BCUT2D eigenvalue weighted by molar-refractivity contribution is 5.76. The normalized spacial score (nSPS) is 20.0. The second kappa shape index (κ2) is 7.40. The molecule has 112 valence electrons. The molecule has 1 unspecified atom stereocenters. The lowest BCUT2D eigenvalue weighted by Gasteiger charge is -2.35. The van der Waals surface area contributed by atoms with Crippen molar-refractivity contribution >= 4 is 5.91 Å². The van der Waals surface area contributed by atoms with Gasteiger partial charge in [-0.3, -0.25) is 14.8 Å². The molecule has 1 aliphatic rings. The summed E-state index contributed by atoms with van der Waals surface area (Å²) in [6.45, 7) is 5.16. The molecular formula is C14H25N5O. The molecule has 20 heavy (non-hydrogen) atoms. The molecule has 1 fully saturated rings. The van der Waals surface area contributed by atoms with Crippen LogP contribution in [-0.2, 0) is 11.3 Å². The third-order valence-electron chi connectivity index (χ3n) is 3.96. The number of nitrogens with zero attached hydrogens (tertiary/aromatic N) is 2. The fourth-order valence-corrected chi connectivity index (χ4v) is 2.70. The van der Waals surface area contributed by atoms with E-state index in [0.717, 1.165) is 31.7 Å². The third kappa shape index (κ3) is 4.05. The first-order valence-electron chi connectivity index (χ1n) is 7.40. The van der Waals surface area contributed by atoms with Crippen LogP contribution in [0.5, 0.6) is 0 Å². The minimum atomic E-state index is 0.0533. The van der Waals surface area contributed by atoms with E-state index >= 15 is 0 Å². The summed E-state index contributed by atoms with van der Waals surface area (Å²) in [5, 5.41) is 10.0. The van der Waals surface area contributed by atoms with Crippen molar-refractivity contribution in [3.05, 3.63) is 17.5 Å². The lowest BCUT2D eigenvalue weighted by Crippen LogP contribution is -2.46. The Kier molecular flexibility index (Phi) is 5.55. The lowest BCUT2D eigenvalue weighted by atomic mass is 10.0. The van der Waals surface area contributed by atoms with Crippen molar-refractivity contribution in [3.8, 4) is 0 Å². The molecule has 0 bridgehead atoms. The van der Waals surface area contributed by atoms with E-state index in [1.165, 1.54) is 18.4 Å². The summed E-state index contributed by atoms with van der Waals surface area (Å²) >= 11 is 0. The highest BCUT2D eigenvalue weighted by atomic mass is 16.1. The van der Waals surface area contributed by atoms with E-state index < -0.39 is 0 Å². The van der Waals surface area contributed by atoms with Gasteiger partial charge in [0.2, 0.25) is 5.91 Å². The second-order valence-corrected chi connectivity index (χ2v) is 5.48. The highest BCUT2D eigenvalue weighted by Gasteiger charge is 2.23. The Morgan fingerprint density at radius 1 is 1.60 bits per heavy atom. The van der Waals surface area contributed by atoms with Gasteiger partial charge < -0.3 is 11.1 Å². The monoisotopic (exact) mass is 279 g/mol. The quantitative estimate of drug-likeness (QED) is 0.709. The fraction of sp³-hybridized carbons (Fsp3) is 0.714. The van der Waals surface area contributed by atoms with Crippen molar-refractivity contribution in [3.63, 3.8) is 0 Å². The molecule has 2 rings (SSSR count). The van der Waals surface area contributed by atoms with Crippen LogP contribution in [0.25, 0.3) is 0 Å². The predicted octanol–water partition coefficient (Wildman–Crippen LogP) is 0.538. The maximum Gasteiger partial charge on any atom is 0.221 e. The second-order valence-electron chi connectivity index (χ2n) is 5.48. The molecule has 0 aromatic carbocycles. The zero-order valence-corrected chi connectivity index (χ0v) is 12.2. The maximum atomic E-state index is 11.5. The van der Waals surface area contributed by atoms with Crippen molar-refractivity contribution in [2.24, 2.45) is 5.73 Å². The predicted molar refractivity (Wildman–Crippen MR) is 78.1 cm³/mol. The van der Waals surface area contributed by atoms with Crippen LogP contribution in [0, 0.1) is 6.92 Å². The Balaban J connectivity index is 1.88. The minimum absolute atomic E-state index is 0.0533. The molecule has 0 aliphatic carbocycles. The van der Waals surface area contributed by atoms with Gasteiger partial charge in [0.05, 0.1) is 6.20 Å². The van der Waals surface area contributed by atoms with Gasteiger partial charge in [0.1, 0.15) is 0 Å². The number of H-pyrrole nitrogens is 1. The van der Waals surface area contributed by atoms with Gasteiger partial charge >= 0.3 is 0 Å². The van der Waals surface area contributed by atoms with E-state index in [2.05, 4.69) is 20.4 Å². The van der Waals surface area contributed by atoms with Crippen LogP contribution < -0.4 is 11.1 Å². The average molecular weight is 279 g/mol. The number of aromatic amines is 1. The van der Waals surface area contributed by atoms with E-state index in [4.69, 9.17) is 5.73 Å². The Bertz CT molecular complexity index is 431. The topological polar surface area (TPSA) is 87.0 Å². The molecule has 0 spiro atoms. The van der Waals surface area contributed by atoms with Crippen LogP contribution >= 0.6 is 0 Å². The van der Waals surface area contributed by atoms with Crippen LogP contribution in [0.15, 0.2) is 6.20 Å². The van der Waals surface area contributed by atoms with Crippen molar-refractivity contribution in [1.82, 2.24) is 20.4 Å². The summed E-state index contributed by atoms with van der Waals surface area (Å²) in [4.78, 5) is 14.0. The number of likely N-dealkylation sites (tertiary alicyclic amines) is 1. The molecule has 2 heterocycles. The van der Waals surface area contributed by atoms with E-state index in [0.29, 0.717) is 19.0 Å². The molecule has 6 heteroatoms. The fourth-order valence-electron chi connectivity index (χ4n) is 2.70. The van der Waals surface area contributed by atoms with Gasteiger partial charge in [0.15, 0.2) is 0 Å². The first-order valence-corrected chi connectivity index (χ1v) is 7.40. The van der Waals surface area contributed by atoms with Gasteiger partial charge in [-0.2, -0.15) is 5.10 Å². The van der Waals surface area contributed by atoms with Gasteiger partial charge in [-0.1, -0.05) is 6.42 Å². The number of hydrogen-bond donors (Lipinski definition) is 3. The number of carbonyl (C=O) groups excluding carboxylic acids is 1. The van der Waals surface area contributed by atoms with Crippen LogP contribution in [-0.4, -0.2) is 46.7 Å². The van der Waals surface area contributed by atoms with Crippen LogP contribution in [0.3, 0.4) is 0 Å². The number of nitrogens with two attached hydrogens (primary N) is 1. The Morgan fingerprint density at radius 3 is 3.15 bits per heavy atom. The Hall–Kier alpha value is -1.40. The van der Waals surface area contributed by atoms with E-state index in [1.807, 2.05) is 13.1 Å². The van der Waals surface area contributed by atoms with E-state index in [-0.39, 0.29) is 5.91 Å². The van der Waals surface area contributed by atoms with E-state index in [9.17, 15) is 4.79 Å². The molecule has 1 amide bonds. The number of carbonyl (C=O) groups is 1. The molecular weight excluding hydrogens is 254 g/mol. The molecule has 1 atom stereocenters. The van der Waals surface area contributed by atoms with Gasteiger partial charge in [0.25, 0.3) is 0 Å². The summed E-state index contributed by atoms with van der Waals surface area (Å²) < 4.78 is 0. The molecule has 4 N–H and O–H groups in total. The first-order chi connectivity index (χ1) is 9.70. The standard InChI is InChI=1S/C14H25N5O/c1-11-12(8-17-18-11)10-19-7-3-2-4-13(19)9-16-14(20)5-6-15/h8,13H,2-7,9-10,15H2,1H3,(H,16,20)(H,17,18). The molecule has 0 saturated carbocycles. The number of nitrogens with one attached hydrogen (secondary N) is 2. The minimum Gasteiger partial charge on any atom is -0.354 e. The number of amides is 1. The van der Waals surface area contributed by atoms with Crippen molar-refractivity contribution in [2.75, 3.05) is 19.6 Å². The van der Waals surface area contributed by atoms with Gasteiger partial charge in [-0.15, -0.1) is 0 Å². The largest absolute Gasteiger partial charge is 0.354 e. The van der Waals surface area contributed by atoms with Gasteiger partial charge in [-0.05, 0) is 26.3 Å². The van der Waals surface area contributed by atoms with E-state index in [1.54, 1.807) is 0 Å². The zero-order valence-electron chi connectivity index (χ0n) is 12.2. The third-order valence-corrected chi connectivity index (χ3v) is 3.96. The SMILES string of the molecule is Cc1[nH]ncc1CN1CCCCC1CNC(=O)CCN. The van der Waals surface area contributed by atoms with Crippen molar-refractivity contribution < 1.29 is 4.79 Å². The molecule has 1 aromatic rings. The lowest BCUT2D eigenvalue weighted by molar-refractivity contribution is -0.121. The number of hydrogen-bond acceptors (Lipinski definition) is 4. The van der Waals surface area contributed by atoms with Gasteiger partial charge in [-0.25, -0.2) is 0 Å². The van der Waals surface area contributed by atoms with Crippen molar-refractivity contribution in [2.45, 2.75) is 45.2 Å². The van der Waals surface area contributed by atoms with Crippen LogP contribution in [0.2, 0.25) is 0 Å².